The largest absolute Gasteiger partial charge is 0.490 e. The molecule has 1 aliphatic heterocycles. The third-order valence-corrected chi connectivity index (χ3v) is 2.24. The summed E-state index contributed by atoms with van der Waals surface area (Å²) in [7, 11) is 0. The summed E-state index contributed by atoms with van der Waals surface area (Å²) in [4.78, 5) is 8.90. The number of hydrogen-bond donors (Lipinski definition) is 2. The second kappa shape index (κ2) is 5.43. The summed E-state index contributed by atoms with van der Waals surface area (Å²) in [6.45, 7) is 2.43. The molecule has 7 heteroatoms. The van der Waals surface area contributed by atoms with Crippen molar-refractivity contribution >= 4 is 21.9 Å². The lowest BCUT2D eigenvalue weighted by Crippen LogP contribution is -2.42. The highest BCUT2D eigenvalue weighted by Gasteiger charge is 2.38. The fraction of sp³-hybridized carbons (Fsp3) is 0.833. The molecule has 1 aliphatic rings. The first-order chi connectivity index (χ1) is 5.88. The van der Waals surface area contributed by atoms with Gasteiger partial charge in [0.1, 0.15) is 0 Å². The van der Waals surface area contributed by atoms with Gasteiger partial charge in [0.15, 0.2) is 0 Å². The number of hydrogen-bond acceptors (Lipinski definition) is 2. The van der Waals surface area contributed by atoms with Gasteiger partial charge in [0, 0.05) is 5.33 Å². The van der Waals surface area contributed by atoms with Crippen molar-refractivity contribution in [3.63, 3.8) is 0 Å². The molecule has 1 rings (SSSR count). The van der Waals surface area contributed by atoms with Gasteiger partial charge in [0.25, 0.3) is 0 Å². The van der Waals surface area contributed by atoms with Gasteiger partial charge >= 0.3 is 12.1 Å². The van der Waals surface area contributed by atoms with E-state index in [0.717, 1.165) is 5.92 Å². The third-order valence-electron chi connectivity index (χ3n) is 1.33. The Hall–Kier alpha value is -0.300. The minimum atomic E-state index is -5.08. The Morgan fingerprint density at radius 1 is 1.54 bits per heavy atom. The van der Waals surface area contributed by atoms with Gasteiger partial charge in [-0.05, 0) is 19.0 Å². The molecule has 13 heavy (non-hydrogen) atoms. The van der Waals surface area contributed by atoms with Gasteiger partial charge in [-0.1, -0.05) is 15.9 Å². The zero-order valence-corrected chi connectivity index (χ0v) is 8.15. The number of aliphatic carboxylic acids is 1. The molecule has 1 saturated heterocycles. The zero-order valence-electron chi connectivity index (χ0n) is 6.57. The number of alkyl halides is 4. The summed E-state index contributed by atoms with van der Waals surface area (Å²) in [5, 5.41) is 11.5. The molecule has 0 aromatic carbocycles. The minimum Gasteiger partial charge on any atom is -0.475 e. The Labute approximate surface area is 81.4 Å². The van der Waals surface area contributed by atoms with Gasteiger partial charge in [0.05, 0.1) is 0 Å². The standard InChI is InChI=1S/C4H8BrN.C2HF3O2/c5-1-4-2-6-3-4;3-2(4,5)1(6)7/h4,6H,1-3H2;(H,6,7). The molecule has 0 aliphatic carbocycles. The fourth-order valence-corrected chi connectivity index (χ4v) is 0.915. The molecule has 0 bridgehead atoms. The van der Waals surface area contributed by atoms with Crippen molar-refractivity contribution in [2.75, 3.05) is 18.4 Å². The van der Waals surface area contributed by atoms with E-state index >= 15 is 0 Å². The van der Waals surface area contributed by atoms with E-state index in [1.807, 2.05) is 0 Å². The average molecular weight is 264 g/mol. The molecule has 3 nitrogen and oxygen atoms in total. The van der Waals surface area contributed by atoms with Crippen LogP contribution in [0.15, 0.2) is 0 Å². The average Bonchev–Trinajstić information content (AvgIpc) is 1.83. The van der Waals surface area contributed by atoms with Crippen molar-refractivity contribution in [3.05, 3.63) is 0 Å². The van der Waals surface area contributed by atoms with Crippen molar-refractivity contribution in [1.82, 2.24) is 5.32 Å². The molecule has 0 unspecified atom stereocenters. The number of carboxylic acid groups (broad SMARTS) is 1. The van der Waals surface area contributed by atoms with Crippen molar-refractivity contribution in [3.8, 4) is 0 Å². The molecule has 0 radical (unpaired) electrons. The number of carboxylic acids is 1. The Morgan fingerprint density at radius 3 is 1.92 bits per heavy atom. The molecule has 0 amide bonds. The van der Waals surface area contributed by atoms with E-state index < -0.39 is 12.1 Å². The maximum absolute atomic E-state index is 10.6. The molecule has 1 heterocycles. The fourth-order valence-electron chi connectivity index (χ4n) is 0.458. The van der Waals surface area contributed by atoms with Crippen LogP contribution in [0.5, 0.6) is 0 Å². The van der Waals surface area contributed by atoms with Gasteiger partial charge in [-0.25, -0.2) is 4.79 Å². The van der Waals surface area contributed by atoms with E-state index in [1.165, 1.54) is 18.4 Å². The first kappa shape index (κ1) is 12.7. The van der Waals surface area contributed by atoms with Crippen LogP contribution in [0, 0.1) is 5.92 Å². The molecule has 0 aromatic heterocycles. The van der Waals surface area contributed by atoms with Crippen LogP contribution >= 0.6 is 15.9 Å². The normalized spacial score (nSPS) is 16.9. The Kier molecular flexibility index (Phi) is 5.31. The Balaban J connectivity index is 0.000000223. The molecule has 0 aromatic rings. The summed E-state index contributed by atoms with van der Waals surface area (Å²) in [5.41, 5.74) is 0. The second-order valence-electron chi connectivity index (χ2n) is 2.48. The Bertz CT molecular complexity index is 167. The minimum absolute atomic E-state index is 0.921. The summed E-state index contributed by atoms with van der Waals surface area (Å²) in [6, 6.07) is 0. The van der Waals surface area contributed by atoms with Crippen LogP contribution in [-0.4, -0.2) is 35.7 Å². The lowest BCUT2D eigenvalue weighted by atomic mass is 10.1. The topological polar surface area (TPSA) is 49.3 Å². The molecule has 0 spiro atoms. The third kappa shape index (κ3) is 5.87. The quantitative estimate of drug-likeness (QED) is 0.700. The number of nitrogens with one attached hydrogen (secondary N) is 1. The van der Waals surface area contributed by atoms with Crippen LogP contribution in [0.4, 0.5) is 13.2 Å². The van der Waals surface area contributed by atoms with Gasteiger partial charge in [-0.15, -0.1) is 0 Å². The highest BCUT2D eigenvalue weighted by atomic mass is 79.9. The van der Waals surface area contributed by atoms with E-state index in [9.17, 15) is 13.2 Å². The number of carbonyl (C=O) groups is 1. The smallest absolute Gasteiger partial charge is 0.475 e. The molecule has 2 N–H and O–H groups in total. The zero-order chi connectivity index (χ0) is 10.5. The highest BCUT2D eigenvalue weighted by Crippen LogP contribution is 2.13. The monoisotopic (exact) mass is 263 g/mol. The van der Waals surface area contributed by atoms with E-state index in [2.05, 4.69) is 21.2 Å². The van der Waals surface area contributed by atoms with Crippen LogP contribution < -0.4 is 5.32 Å². The van der Waals surface area contributed by atoms with Gasteiger partial charge in [-0.2, -0.15) is 13.2 Å². The summed E-state index contributed by atoms with van der Waals surface area (Å²) < 4.78 is 31.7. The van der Waals surface area contributed by atoms with Crippen molar-refractivity contribution < 1.29 is 23.1 Å². The van der Waals surface area contributed by atoms with Crippen molar-refractivity contribution in [1.29, 1.82) is 0 Å². The van der Waals surface area contributed by atoms with Crippen LogP contribution in [0.25, 0.3) is 0 Å². The molecular formula is C6H9BrF3NO2. The maximum Gasteiger partial charge on any atom is 0.490 e. The second-order valence-corrected chi connectivity index (χ2v) is 3.13. The number of rotatable bonds is 1. The van der Waals surface area contributed by atoms with Crippen LogP contribution in [0.3, 0.4) is 0 Å². The first-order valence-electron chi connectivity index (χ1n) is 3.44. The summed E-state index contributed by atoms with van der Waals surface area (Å²) in [6.07, 6.45) is -5.08. The molecule has 0 saturated carbocycles. The van der Waals surface area contributed by atoms with E-state index in [1.54, 1.807) is 0 Å². The van der Waals surface area contributed by atoms with E-state index in [4.69, 9.17) is 9.90 Å². The lowest BCUT2D eigenvalue weighted by molar-refractivity contribution is -0.192. The van der Waals surface area contributed by atoms with Crippen LogP contribution in [0.1, 0.15) is 0 Å². The number of halogens is 4. The van der Waals surface area contributed by atoms with Crippen molar-refractivity contribution in [2.24, 2.45) is 5.92 Å². The first-order valence-corrected chi connectivity index (χ1v) is 4.57. The predicted octanol–water partition coefficient (Wildman–Crippen LogP) is 1.23. The van der Waals surface area contributed by atoms with Crippen LogP contribution in [0.2, 0.25) is 0 Å². The highest BCUT2D eigenvalue weighted by molar-refractivity contribution is 9.09. The SMILES string of the molecule is BrCC1CNC1.O=C(O)C(F)(F)F. The molecule has 78 valence electrons. The van der Waals surface area contributed by atoms with E-state index in [-0.39, 0.29) is 0 Å². The molecule has 1 fully saturated rings. The Morgan fingerprint density at radius 2 is 1.92 bits per heavy atom. The maximum atomic E-state index is 10.6. The van der Waals surface area contributed by atoms with E-state index in [0.29, 0.717) is 0 Å². The lowest BCUT2D eigenvalue weighted by Gasteiger charge is -2.24. The summed E-state index contributed by atoms with van der Waals surface area (Å²) >= 11 is 3.39. The molecule has 0 atom stereocenters. The van der Waals surface area contributed by atoms with Gasteiger partial charge in [-0.3, -0.25) is 0 Å². The summed E-state index contributed by atoms with van der Waals surface area (Å²) in [5.74, 6) is -1.84. The van der Waals surface area contributed by atoms with Gasteiger partial charge < -0.3 is 10.4 Å². The van der Waals surface area contributed by atoms with Gasteiger partial charge in [0.2, 0.25) is 0 Å². The van der Waals surface area contributed by atoms with Crippen molar-refractivity contribution in [2.45, 2.75) is 6.18 Å². The predicted molar refractivity (Wildman–Crippen MR) is 43.8 cm³/mol. The van der Waals surface area contributed by atoms with Crippen LogP contribution in [-0.2, 0) is 4.79 Å². The molecular weight excluding hydrogens is 255 g/mol.